The zero-order valence-electron chi connectivity index (χ0n) is 17.7. The second-order valence-electron chi connectivity index (χ2n) is 7.42. The summed E-state index contributed by atoms with van der Waals surface area (Å²) in [6.45, 7) is 0.252. The van der Waals surface area contributed by atoms with E-state index >= 15 is 0 Å². The van der Waals surface area contributed by atoms with Gasteiger partial charge in [0.05, 0.1) is 25.3 Å². The number of hydrogen-bond acceptors (Lipinski definition) is 6. The Kier molecular flexibility index (Phi) is 7.68. The summed E-state index contributed by atoms with van der Waals surface area (Å²) >= 11 is 7.77. The van der Waals surface area contributed by atoms with E-state index in [9.17, 15) is 24.1 Å². The SMILES string of the molecule is O=C1S/C(=C\c2cc(Br)c(OCc3ccc([N+](=O)[O-])cc3)c(Br)c2)C(=O)N1Cc1ccc(F)cc1. The molecule has 0 unspecified atom stereocenters. The smallest absolute Gasteiger partial charge is 0.293 e. The summed E-state index contributed by atoms with van der Waals surface area (Å²) in [6, 6.07) is 15.2. The van der Waals surface area contributed by atoms with Crippen molar-refractivity contribution in [1.82, 2.24) is 4.90 Å². The predicted octanol–water partition coefficient (Wildman–Crippen LogP) is 7.07. The third-order valence-electron chi connectivity index (χ3n) is 4.98. The predicted molar refractivity (Wildman–Crippen MR) is 137 cm³/mol. The molecule has 3 aromatic rings. The molecular formula is C24H15Br2FN2O5S. The highest BCUT2D eigenvalue weighted by Crippen LogP contribution is 2.38. The topological polar surface area (TPSA) is 89.7 Å². The number of halogens is 3. The Balaban J connectivity index is 1.47. The average Bonchev–Trinajstić information content (AvgIpc) is 3.07. The number of amides is 2. The van der Waals surface area contributed by atoms with Crippen LogP contribution >= 0.6 is 43.6 Å². The molecule has 35 heavy (non-hydrogen) atoms. The number of imide groups is 1. The molecule has 1 aliphatic rings. The Morgan fingerprint density at radius 3 is 2.20 bits per heavy atom. The second-order valence-corrected chi connectivity index (χ2v) is 10.1. The van der Waals surface area contributed by atoms with Crippen LogP contribution in [0.25, 0.3) is 6.08 Å². The minimum absolute atomic E-state index is 0.00236. The van der Waals surface area contributed by atoms with Gasteiger partial charge in [-0.05, 0) is 103 Å². The first-order chi connectivity index (χ1) is 16.7. The maximum Gasteiger partial charge on any atom is 0.293 e. The first kappa shape index (κ1) is 25.1. The van der Waals surface area contributed by atoms with E-state index in [0.717, 1.165) is 22.2 Å². The van der Waals surface area contributed by atoms with E-state index in [1.54, 1.807) is 30.3 Å². The highest BCUT2D eigenvalue weighted by Gasteiger charge is 2.35. The number of nitrogens with zero attached hydrogens (tertiary/aromatic N) is 2. The zero-order valence-corrected chi connectivity index (χ0v) is 21.7. The molecular weight excluding hydrogens is 607 g/mol. The van der Waals surface area contributed by atoms with Gasteiger partial charge in [0.2, 0.25) is 0 Å². The molecule has 0 spiro atoms. The van der Waals surface area contributed by atoms with Gasteiger partial charge in [-0.2, -0.15) is 0 Å². The van der Waals surface area contributed by atoms with Crippen molar-refractivity contribution in [1.29, 1.82) is 0 Å². The summed E-state index contributed by atoms with van der Waals surface area (Å²) < 4.78 is 20.2. The van der Waals surface area contributed by atoms with E-state index in [2.05, 4.69) is 31.9 Å². The van der Waals surface area contributed by atoms with Crippen molar-refractivity contribution in [3.63, 3.8) is 0 Å². The molecule has 178 valence electrons. The lowest BCUT2D eigenvalue weighted by Crippen LogP contribution is -2.27. The van der Waals surface area contributed by atoms with Gasteiger partial charge in [0.15, 0.2) is 0 Å². The number of ether oxygens (including phenoxy) is 1. The van der Waals surface area contributed by atoms with Crippen LogP contribution in [0.3, 0.4) is 0 Å². The Labute approximate surface area is 220 Å². The van der Waals surface area contributed by atoms with Gasteiger partial charge in [-0.1, -0.05) is 12.1 Å². The average molecular weight is 622 g/mol. The number of carbonyl (C=O) groups excluding carboxylic acids is 2. The molecule has 3 aromatic carbocycles. The van der Waals surface area contributed by atoms with Crippen molar-refractivity contribution in [3.05, 3.63) is 107 Å². The van der Waals surface area contributed by atoms with E-state index in [-0.39, 0.29) is 29.6 Å². The summed E-state index contributed by atoms with van der Waals surface area (Å²) in [5.41, 5.74) is 2.07. The van der Waals surface area contributed by atoms with Crippen molar-refractivity contribution in [2.24, 2.45) is 0 Å². The first-order valence-electron chi connectivity index (χ1n) is 10.1. The van der Waals surface area contributed by atoms with Gasteiger partial charge in [-0.3, -0.25) is 24.6 Å². The number of nitro groups is 1. The quantitative estimate of drug-likeness (QED) is 0.159. The number of nitro benzene ring substituents is 1. The van der Waals surface area contributed by atoms with Gasteiger partial charge in [-0.15, -0.1) is 0 Å². The summed E-state index contributed by atoms with van der Waals surface area (Å²) in [6.07, 6.45) is 1.62. The van der Waals surface area contributed by atoms with E-state index in [4.69, 9.17) is 4.74 Å². The maximum absolute atomic E-state index is 13.1. The standard InChI is InChI=1S/C24H15Br2FN2O5S/c25-19-9-16(10-20(26)22(19)34-13-15-3-7-18(8-4-15)29(32)33)11-21-23(30)28(24(31)35-21)12-14-1-5-17(27)6-2-14/h1-11H,12-13H2/b21-11-. The van der Waals surface area contributed by atoms with Crippen LogP contribution in [-0.2, 0) is 17.9 Å². The summed E-state index contributed by atoms with van der Waals surface area (Å²) in [5, 5.41) is 10.4. The second kappa shape index (κ2) is 10.7. The largest absolute Gasteiger partial charge is 0.487 e. The van der Waals surface area contributed by atoms with Crippen LogP contribution in [0, 0.1) is 15.9 Å². The molecule has 2 amide bonds. The number of carbonyl (C=O) groups is 2. The van der Waals surface area contributed by atoms with Crippen LogP contribution in [0.15, 0.2) is 74.5 Å². The molecule has 1 saturated heterocycles. The summed E-state index contributed by atoms with van der Waals surface area (Å²) in [7, 11) is 0. The van der Waals surface area contributed by atoms with E-state index < -0.39 is 16.1 Å². The van der Waals surface area contributed by atoms with Gasteiger partial charge in [-0.25, -0.2) is 4.39 Å². The summed E-state index contributed by atoms with van der Waals surface area (Å²) in [5.74, 6) is -0.293. The van der Waals surface area contributed by atoms with Gasteiger partial charge < -0.3 is 4.74 Å². The molecule has 0 aliphatic carbocycles. The van der Waals surface area contributed by atoms with E-state index in [1.807, 2.05) is 0 Å². The van der Waals surface area contributed by atoms with Crippen LogP contribution in [-0.4, -0.2) is 21.0 Å². The fourth-order valence-electron chi connectivity index (χ4n) is 3.23. The van der Waals surface area contributed by atoms with Crippen LogP contribution < -0.4 is 4.74 Å². The first-order valence-corrected chi connectivity index (χ1v) is 12.5. The molecule has 0 atom stereocenters. The number of hydrogen-bond donors (Lipinski definition) is 0. The van der Waals surface area contributed by atoms with E-state index in [1.165, 1.54) is 36.4 Å². The van der Waals surface area contributed by atoms with Gasteiger partial charge in [0.25, 0.3) is 16.8 Å². The molecule has 0 bridgehead atoms. The van der Waals surface area contributed by atoms with Crippen LogP contribution in [0.4, 0.5) is 14.9 Å². The molecule has 7 nitrogen and oxygen atoms in total. The molecule has 1 fully saturated rings. The van der Waals surface area contributed by atoms with Crippen molar-refractivity contribution in [2.45, 2.75) is 13.2 Å². The minimum Gasteiger partial charge on any atom is -0.487 e. The number of non-ortho nitro benzene ring substituents is 1. The van der Waals surface area contributed by atoms with Crippen molar-refractivity contribution >= 4 is 66.5 Å². The molecule has 1 aliphatic heterocycles. The van der Waals surface area contributed by atoms with Crippen molar-refractivity contribution in [3.8, 4) is 5.75 Å². The van der Waals surface area contributed by atoms with Crippen molar-refractivity contribution < 1.29 is 23.6 Å². The lowest BCUT2D eigenvalue weighted by Gasteiger charge is -2.12. The lowest BCUT2D eigenvalue weighted by atomic mass is 10.2. The highest BCUT2D eigenvalue weighted by atomic mass is 79.9. The van der Waals surface area contributed by atoms with Gasteiger partial charge >= 0.3 is 0 Å². The maximum atomic E-state index is 13.1. The third kappa shape index (κ3) is 5.98. The Bertz CT molecular complexity index is 1320. The zero-order chi connectivity index (χ0) is 25.1. The molecule has 0 radical (unpaired) electrons. The third-order valence-corrected chi connectivity index (χ3v) is 7.06. The summed E-state index contributed by atoms with van der Waals surface area (Å²) in [4.78, 5) is 36.9. The fourth-order valence-corrected chi connectivity index (χ4v) is 5.52. The molecule has 0 N–H and O–H groups in total. The van der Waals surface area contributed by atoms with Crippen LogP contribution in [0.1, 0.15) is 16.7 Å². The lowest BCUT2D eigenvalue weighted by molar-refractivity contribution is -0.384. The van der Waals surface area contributed by atoms with Gasteiger partial charge in [0, 0.05) is 12.1 Å². The number of thioether (sulfide) groups is 1. The Morgan fingerprint density at radius 1 is 1.00 bits per heavy atom. The van der Waals surface area contributed by atoms with Crippen LogP contribution in [0.5, 0.6) is 5.75 Å². The van der Waals surface area contributed by atoms with E-state index in [0.29, 0.717) is 25.8 Å². The highest BCUT2D eigenvalue weighted by molar-refractivity contribution is 9.11. The van der Waals surface area contributed by atoms with Gasteiger partial charge in [0.1, 0.15) is 18.2 Å². The Hall–Kier alpha value is -3.02. The molecule has 4 rings (SSSR count). The molecule has 1 heterocycles. The van der Waals surface area contributed by atoms with Crippen molar-refractivity contribution in [2.75, 3.05) is 0 Å². The Morgan fingerprint density at radius 2 is 1.60 bits per heavy atom. The van der Waals surface area contributed by atoms with Crippen LogP contribution in [0.2, 0.25) is 0 Å². The number of benzene rings is 3. The normalized spacial score (nSPS) is 14.6. The minimum atomic E-state index is -0.464. The molecule has 11 heteroatoms. The fraction of sp³-hybridized carbons (Fsp3) is 0.0833. The number of rotatable bonds is 7. The molecule has 0 saturated carbocycles. The molecule has 0 aromatic heterocycles. The monoisotopic (exact) mass is 620 g/mol.